The maximum absolute atomic E-state index is 12.2. The average molecular weight is 300 g/mol. The molecule has 0 unspecified atom stereocenters. The first kappa shape index (κ1) is 14.6. The van der Waals surface area contributed by atoms with Gasteiger partial charge in [-0.25, -0.2) is 4.98 Å². The van der Waals surface area contributed by atoms with Crippen LogP contribution in [0.5, 0.6) is 0 Å². The van der Waals surface area contributed by atoms with Crippen molar-refractivity contribution in [2.45, 2.75) is 12.8 Å². The van der Waals surface area contributed by atoms with E-state index in [1.54, 1.807) is 12.5 Å². The first-order chi connectivity index (χ1) is 10.8. The van der Waals surface area contributed by atoms with Crippen molar-refractivity contribution in [2.24, 2.45) is 0 Å². The molecule has 1 aliphatic heterocycles. The molecule has 1 saturated heterocycles. The van der Waals surface area contributed by atoms with Crippen molar-refractivity contribution in [3.05, 3.63) is 42.5 Å². The monoisotopic (exact) mass is 300 g/mol. The predicted octanol–water partition coefficient (Wildman–Crippen LogP) is 1.82. The molecule has 0 bridgehead atoms. The molecule has 1 aliphatic rings. The molecule has 22 heavy (non-hydrogen) atoms. The molecule has 0 radical (unpaired) electrons. The van der Waals surface area contributed by atoms with Crippen molar-refractivity contribution < 1.29 is 9.53 Å². The summed E-state index contributed by atoms with van der Waals surface area (Å²) < 4.78 is 5.38. The van der Waals surface area contributed by atoms with Gasteiger partial charge in [-0.05, 0) is 18.6 Å². The highest BCUT2D eigenvalue weighted by molar-refractivity contribution is 5.94. The lowest BCUT2D eigenvalue weighted by Crippen LogP contribution is -2.36. The number of carbonyl (C=O) groups is 1. The lowest BCUT2D eigenvalue weighted by molar-refractivity contribution is -0.116. The van der Waals surface area contributed by atoms with Gasteiger partial charge in [-0.1, -0.05) is 12.1 Å². The second-order valence-electron chi connectivity index (χ2n) is 5.24. The zero-order chi connectivity index (χ0) is 15.2. The van der Waals surface area contributed by atoms with Crippen molar-refractivity contribution in [3.8, 4) is 0 Å². The van der Waals surface area contributed by atoms with Gasteiger partial charge in [0.1, 0.15) is 0 Å². The number of benzene rings is 1. The predicted molar refractivity (Wildman–Crippen MR) is 85.0 cm³/mol. The summed E-state index contributed by atoms with van der Waals surface area (Å²) >= 11 is 0. The van der Waals surface area contributed by atoms with Crippen LogP contribution in [0.1, 0.15) is 12.1 Å². The van der Waals surface area contributed by atoms with Gasteiger partial charge in [0.15, 0.2) is 0 Å². The van der Waals surface area contributed by atoms with Crippen LogP contribution in [-0.4, -0.2) is 42.2 Å². The summed E-state index contributed by atoms with van der Waals surface area (Å²) in [5, 5.41) is 3.01. The molecular formula is C16H20N4O2. The highest BCUT2D eigenvalue weighted by Gasteiger charge is 2.15. The molecule has 6 heteroatoms. The van der Waals surface area contributed by atoms with Crippen molar-refractivity contribution >= 4 is 17.3 Å². The van der Waals surface area contributed by atoms with Gasteiger partial charge in [0.25, 0.3) is 0 Å². The number of imidazole rings is 1. The number of aromatic amines is 1. The van der Waals surface area contributed by atoms with Gasteiger partial charge >= 0.3 is 0 Å². The summed E-state index contributed by atoms with van der Waals surface area (Å²) in [5.74, 6) is 0.00955. The Kier molecular flexibility index (Phi) is 4.70. The number of aromatic nitrogens is 2. The second-order valence-corrected chi connectivity index (χ2v) is 5.24. The maximum atomic E-state index is 12.2. The molecule has 0 spiro atoms. The van der Waals surface area contributed by atoms with Crippen LogP contribution < -0.4 is 10.2 Å². The van der Waals surface area contributed by atoms with Crippen molar-refractivity contribution in [2.75, 3.05) is 36.5 Å². The molecule has 0 aliphatic carbocycles. The van der Waals surface area contributed by atoms with E-state index in [4.69, 9.17) is 4.74 Å². The fourth-order valence-corrected chi connectivity index (χ4v) is 2.54. The van der Waals surface area contributed by atoms with E-state index < -0.39 is 0 Å². The quantitative estimate of drug-likeness (QED) is 0.883. The first-order valence-corrected chi connectivity index (χ1v) is 7.52. The Balaban J connectivity index is 1.62. The number of aryl methyl sites for hydroxylation is 1. The van der Waals surface area contributed by atoms with Crippen molar-refractivity contribution in [1.82, 2.24) is 9.97 Å². The number of ether oxygens (including phenoxy) is 1. The van der Waals surface area contributed by atoms with E-state index in [0.29, 0.717) is 12.8 Å². The number of amides is 1. The summed E-state index contributed by atoms with van der Waals surface area (Å²) in [6.45, 7) is 3.15. The number of H-pyrrole nitrogens is 1. The third kappa shape index (κ3) is 3.65. The van der Waals surface area contributed by atoms with E-state index >= 15 is 0 Å². The number of anilines is 2. The summed E-state index contributed by atoms with van der Waals surface area (Å²) in [7, 11) is 0. The first-order valence-electron chi connectivity index (χ1n) is 7.52. The SMILES string of the molecule is O=C(CCc1cnc[nH]1)Nc1ccccc1N1CCOCC1. The van der Waals surface area contributed by atoms with Gasteiger partial charge in [-0.2, -0.15) is 0 Å². The molecule has 1 amide bonds. The Bertz CT molecular complexity index is 606. The van der Waals surface area contributed by atoms with E-state index in [-0.39, 0.29) is 5.91 Å². The topological polar surface area (TPSA) is 70.2 Å². The molecule has 3 rings (SSSR count). The molecule has 1 fully saturated rings. The molecule has 0 atom stereocenters. The number of hydrogen-bond acceptors (Lipinski definition) is 4. The normalized spacial score (nSPS) is 14.8. The van der Waals surface area contributed by atoms with Crippen LogP contribution in [-0.2, 0) is 16.0 Å². The van der Waals surface area contributed by atoms with Gasteiger partial charge in [0.05, 0.1) is 30.9 Å². The molecule has 1 aromatic carbocycles. The fourth-order valence-electron chi connectivity index (χ4n) is 2.54. The Hall–Kier alpha value is -2.34. The van der Waals surface area contributed by atoms with Gasteiger partial charge < -0.3 is 19.9 Å². The zero-order valence-corrected chi connectivity index (χ0v) is 12.4. The number of carbonyl (C=O) groups excluding carboxylic acids is 1. The Morgan fingerprint density at radius 2 is 2.14 bits per heavy atom. The number of para-hydroxylation sites is 2. The standard InChI is InChI=1S/C16H20N4O2/c21-16(6-5-13-11-17-12-18-13)19-14-3-1-2-4-15(14)20-7-9-22-10-8-20/h1-4,11-12H,5-10H2,(H,17,18)(H,19,21). The van der Waals surface area contributed by atoms with Crippen LogP contribution in [0.4, 0.5) is 11.4 Å². The minimum Gasteiger partial charge on any atom is -0.378 e. The molecule has 0 saturated carbocycles. The Morgan fingerprint density at radius 1 is 1.32 bits per heavy atom. The second kappa shape index (κ2) is 7.09. The highest BCUT2D eigenvalue weighted by Crippen LogP contribution is 2.26. The third-order valence-electron chi connectivity index (χ3n) is 3.71. The van der Waals surface area contributed by atoms with Crippen molar-refractivity contribution in [3.63, 3.8) is 0 Å². The lowest BCUT2D eigenvalue weighted by Gasteiger charge is -2.30. The van der Waals surface area contributed by atoms with Crippen LogP contribution in [0.25, 0.3) is 0 Å². The van der Waals surface area contributed by atoms with Crippen LogP contribution >= 0.6 is 0 Å². The largest absolute Gasteiger partial charge is 0.378 e. The summed E-state index contributed by atoms with van der Waals surface area (Å²) in [5.41, 5.74) is 2.89. The van der Waals surface area contributed by atoms with Gasteiger partial charge in [-0.3, -0.25) is 4.79 Å². The Labute approximate surface area is 129 Å². The molecule has 2 N–H and O–H groups in total. The molecule has 2 aromatic rings. The fraction of sp³-hybridized carbons (Fsp3) is 0.375. The number of nitrogens with zero attached hydrogens (tertiary/aromatic N) is 2. The van der Waals surface area contributed by atoms with E-state index in [0.717, 1.165) is 43.4 Å². The lowest BCUT2D eigenvalue weighted by atomic mass is 10.2. The summed E-state index contributed by atoms with van der Waals surface area (Å²) in [6, 6.07) is 7.91. The zero-order valence-electron chi connectivity index (χ0n) is 12.4. The Morgan fingerprint density at radius 3 is 2.91 bits per heavy atom. The van der Waals surface area contributed by atoms with Crippen LogP contribution in [0.15, 0.2) is 36.8 Å². The summed E-state index contributed by atoms with van der Waals surface area (Å²) in [4.78, 5) is 21.4. The molecule has 2 heterocycles. The number of hydrogen-bond donors (Lipinski definition) is 2. The van der Waals surface area contributed by atoms with Crippen molar-refractivity contribution in [1.29, 1.82) is 0 Å². The van der Waals surface area contributed by atoms with E-state index in [1.165, 1.54) is 0 Å². The molecule has 6 nitrogen and oxygen atoms in total. The number of morpholine rings is 1. The third-order valence-corrected chi connectivity index (χ3v) is 3.71. The number of rotatable bonds is 5. The van der Waals surface area contributed by atoms with Crippen LogP contribution in [0, 0.1) is 0 Å². The summed E-state index contributed by atoms with van der Waals surface area (Å²) in [6.07, 6.45) is 4.46. The number of nitrogens with one attached hydrogen (secondary N) is 2. The van der Waals surface area contributed by atoms with Gasteiger partial charge in [0.2, 0.25) is 5.91 Å². The molecular weight excluding hydrogens is 280 g/mol. The van der Waals surface area contributed by atoms with Crippen LogP contribution in [0.2, 0.25) is 0 Å². The van der Waals surface area contributed by atoms with Gasteiger partial charge in [-0.15, -0.1) is 0 Å². The molecule has 116 valence electrons. The minimum atomic E-state index is 0.00955. The van der Waals surface area contributed by atoms with E-state index in [2.05, 4.69) is 20.2 Å². The van der Waals surface area contributed by atoms with E-state index in [9.17, 15) is 4.79 Å². The maximum Gasteiger partial charge on any atom is 0.224 e. The molecule has 1 aromatic heterocycles. The minimum absolute atomic E-state index is 0.00955. The highest BCUT2D eigenvalue weighted by atomic mass is 16.5. The van der Waals surface area contributed by atoms with E-state index in [1.807, 2.05) is 24.3 Å². The van der Waals surface area contributed by atoms with Crippen LogP contribution in [0.3, 0.4) is 0 Å². The van der Waals surface area contributed by atoms with Gasteiger partial charge in [0, 0.05) is 31.4 Å². The average Bonchev–Trinajstić information content (AvgIpc) is 3.08. The smallest absolute Gasteiger partial charge is 0.224 e.